The number of pyridine rings is 1. The largest absolute Gasteiger partial charge is 0.369 e. The number of nitrogens with one attached hydrogen (secondary N) is 2. The molecule has 0 spiro atoms. The van der Waals surface area contributed by atoms with Crippen molar-refractivity contribution in [3.05, 3.63) is 106 Å². The van der Waals surface area contributed by atoms with Crippen LogP contribution in [0.15, 0.2) is 89.1 Å². The summed E-state index contributed by atoms with van der Waals surface area (Å²) in [6.07, 6.45) is 0.764. The minimum atomic E-state index is -0.462. The second-order valence-corrected chi connectivity index (χ2v) is 9.32. The molecule has 3 aromatic carbocycles. The third kappa shape index (κ3) is 5.71. The van der Waals surface area contributed by atoms with Gasteiger partial charge in [-0.15, -0.1) is 10.2 Å². The number of aromatic nitrogens is 2. The van der Waals surface area contributed by atoms with Crippen molar-refractivity contribution in [1.82, 2.24) is 9.36 Å². The molecule has 0 fully saturated rings. The zero-order chi connectivity index (χ0) is 27.2. The molecule has 39 heavy (non-hydrogen) atoms. The first-order valence-electron chi connectivity index (χ1n) is 12.0. The summed E-state index contributed by atoms with van der Waals surface area (Å²) in [5.74, 6) is 0.866. The second-order valence-electron chi connectivity index (χ2n) is 8.57. The lowest BCUT2D eigenvalue weighted by atomic mass is 10.1. The van der Waals surface area contributed by atoms with Crippen molar-refractivity contribution >= 4 is 56.1 Å². The molecule has 192 valence electrons. The van der Waals surface area contributed by atoms with Gasteiger partial charge in [-0.25, -0.2) is 4.98 Å². The van der Waals surface area contributed by atoms with Crippen LogP contribution >= 0.6 is 11.5 Å². The van der Waals surface area contributed by atoms with Gasteiger partial charge in [0.25, 0.3) is 5.69 Å². The molecule has 5 aromatic rings. The van der Waals surface area contributed by atoms with E-state index >= 15 is 0 Å². The third-order valence-corrected chi connectivity index (χ3v) is 6.77. The van der Waals surface area contributed by atoms with Crippen molar-refractivity contribution in [2.24, 2.45) is 10.2 Å². The van der Waals surface area contributed by atoms with Gasteiger partial charge in [-0.05, 0) is 48.6 Å². The van der Waals surface area contributed by atoms with Crippen molar-refractivity contribution in [2.45, 2.75) is 13.3 Å². The van der Waals surface area contributed by atoms with Crippen LogP contribution in [0.2, 0.25) is 0 Å². The maximum Gasteiger partial charge on any atom is 0.270 e. The minimum absolute atomic E-state index is 0.0545. The van der Waals surface area contributed by atoms with E-state index in [9.17, 15) is 15.4 Å². The SMILES string of the molecule is Cc1c(C#N)c(NCCc2ccccc2)nc(Nc2ccccc2)c1N=Nc1snc2ccc([N+](=O)[O-])cc12. The van der Waals surface area contributed by atoms with Gasteiger partial charge < -0.3 is 10.6 Å². The number of rotatable bonds is 9. The van der Waals surface area contributed by atoms with E-state index in [0.29, 0.717) is 50.9 Å². The van der Waals surface area contributed by atoms with Crippen LogP contribution in [0.5, 0.6) is 0 Å². The zero-order valence-electron chi connectivity index (χ0n) is 20.8. The van der Waals surface area contributed by atoms with E-state index in [1.807, 2.05) is 48.5 Å². The Morgan fingerprint density at radius 2 is 1.77 bits per heavy atom. The Kier molecular flexibility index (Phi) is 7.47. The van der Waals surface area contributed by atoms with Gasteiger partial charge in [0, 0.05) is 35.3 Å². The summed E-state index contributed by atoms with van der Waals surface area (Å²) in [6.45, 7) is 2.38. The Hall–Kier alpha value is -5.21. The van der Waals surface area contributed by atoms with Gasteiger partial charge in [-0.1, -0.05) is 48.5 Å². The number of nitro groups is 1. The molecule has 10 nitrogen and oxygen atoms in total. The lowest BCUT2D eigenvalue weighted by Gasteiger charge is -2.15. The van der Waals surface area contributed by atoms with Crippen LogP contribution in [0.1, 0.15) is 16.7 Å². The van der Waals surface area contributed by atoms with Gasteiger partial charge in [0.15, 0.2) is 10.8 Å². The van der Waals surface area contributed by atoms with E-state index in [0.717, 1.165) is 23.6 Å². The number of nitrogens with zero attached hydrogens (tertiary/aromatic N) is 6. The molecule has 0 aliphatic carbocycles. The Morgan fingerprint density at radius 1 is 1.03 bits per heavy atom. The summed E-state index contributed by atoms with van der Waals surface area (Å²) in [7, 11) is 0. The van der Waals surface area contributed by atoms with Crippen LogP contribution < -0.4 is 10.6 Å². The van der Waals surface area contributed by atoms with Crippen molar-refractivity contribution < 1.29 is 4.92 Å². The van der Waals surface area contributed by atoms with Crippen molar-refractivity contribution in [2.75, 3.05) is 17.2 Å². The molecule has 2 N–H and O–H groups in total. The van der Waals surface area contributed by atoms with Crippen LogP contribution in [0, 0.1) is 28.4 Å². The molecule has 0 amide bonds. The molecule has 0 aliphatic heterocycles. The average molecular weight is 535 g/mol. The second kappa shape index (κ2) is 11.5. The first-order valence-corrected chi connectivity index (χ1v) is 12.8. The fourth-order valence-corrected chi connectivity index (χ4v) is 4.68. The molecular formula is C28H22N8O2S. The fourth-order valence-electron chi connectivity index (χ4n) is 3.99. The predicted molar refractivity (Wildman–Crippen MR) is 152 cm³/mol. The maximum atomic E-state index is 11.3. The van der Waals surface area contributed by atoms with E-state index in [1.54, 1.807) is 13.0 Å². The number of non-ortho nitro benzene ring substituents is 1. The van der Waals surface area contributed by atoms with Crippen molar-refractivity contribution in [3.63, 3.8) is 0 Å². The molecular weight excluding hydrogens is 512 g/mol. The molecule has 0 aliphatic rings. The lowest BCUT2D eigenvalue weighted by Crippen LogP contribution is -2.10. The van der Waals surface area contributed by atoms with Crippen molar-refractivity contribution in [1.29, 1.82) is 5.26 Å². The maximum absolute atomic E-state index is 11.3. The molecule has 5 rings (SSSR count). The molecule has 0 saturated heterocycles. The molecule has 0 unspecified atom stereocenters. The number of nitriles is 1. The van der Waals surface area contributed by atoms with E-state index in [1.165, 1.54) is 17.7 Å². The number of hydrogen-bond acceptors (Lipinski definition) is 10. The van der Waals surface area contributed by atoms with E-state index in [-0.39, 0.29) is 5.69 Å². The Morgan fingerprint density at radius 3 is 2.49 bits per heavy atom. The third-order valence-electron chi connectivity index (χ3n) is 6.00. The monoisotopic (exact) mass is 534 g/mol. The fraction of sp³-hybridized carbons (Fsp3) is 0.107. The van der Waals surface area contributed by atoms with Gasteiger partial charge in [0.05, 0.1) is 16.0 Å². The van der Waals surface area contributed by atoms with E-state index < -0.39 is 4.92 Å². The number of anilines is 3. The summed E-state index contributed by atoms with van der Waals surface area (Å²) in [4.78, 5) is 15.5. The van der Waals surface area contributed by atoms with Crippen LogP contribution in [0.3, 0.4) is 0 Å². The minimum Gasteiger partial charge on any atom is -0.369 e. The van der Waals surface area contributed by atoms with Gasteiger partial charge in [-0.2, -0.15) is 9.64 Å². The number of hydrogen-bond donors (Lipinski definition) is 2. The van der Waals surface area contributed by atoms with Gasteiger partial charge >= 0.3 is 0 Å². The summed E-state index contributed by atoms with van der Waals surface area (Å²) in [5, 5.41) is 37.6. The summed E-state index contributed by atoms with van der Waals surface area (Å²) >= 11 is 1.09. The predicted octanol–water partition coefficient (Wildman–Crippen LogP) is 7.59. The highest BCUT2D eigenvalue weighted by Gasteiger charge is 2.19. The van der Waals surface area contributed by atoms with Gasteiger partial charge in [-0.3, -0.25) is 10.1 Å². The lowest BCUT2D eigenvalue weighted by molar-refractivity contribution is -0.384. The number of azo groups is 1. The van der Waals surface area contributed by atoms with Crippen LogP contribution in [0.25, 0.3) is 10.9 Å². The van der Waals surface area contributed by atoms with E-state index in [2.05, 4.69) is 43.4 Å². The zero-order valence-corrected chi connectivity index (χ0v) is 21.6. The summed E-state index contributed by atoms with van der Waals surface area (Å²) < 4.78 is 4.32. The number of para-hydroxylation sites is 1. The Bertz CT molecular complexity index is 1710. The first kappa shape index (κ1) is 25.4. The Labute approximate surface area is 228 Å². The first-order chi connectivity index (χ1) is 19.0. The quantitative estimate of drug-likeness (QED) is 0.113. The molecule has 0 bridgehead atoms. The normalized spacial score (nSPS) is 11.0. The summed E-state index contributed by atoms with van der Waals surface area (Å²) in [6, 6.07) is 26.2. The highest BCUT2D eigenvalue weighted by Crippen LogP contribution is 2.39. The van der Waals surface area contributed by atoms with E-state index in [4.69, 9.17) is 4.98 Å². The summed E-state index contributed by atoms with van der Waals surface area (Å²) in [5.41, 5.74) is 3.84. The standard InChI is InChI=1S/C28H22N8O2S/c1-18-23(17-29)26(30-15-14-19-8-4-2-5-9-19)32-27(31-20-10-6-3-7-11-20)25(18)33-34-28-22-16-21(36(37)38)12-13-24(22)35-39-28/h2-13,16H,14-15H2,1H3,(H2,30,31,32). The van der Waals surface area contributed by atoms with Crippen molar-refractivity contribution in [3.8, 4) is 6.07 Å². The highest BCUT2D eigenvalue weighted by atomic mass is 32.1. The number of fused-ring (bicyclic) bond motifs is 1. The molecule has 0 radical (unpaired) electrons. The average Bonchev–Trinajstić information content (AvgIpc) is 3.36. The van der Waals surface area contributed by atoms with Crippen LogP contribution in [-0.2, 0) is 6.42 Å². The molecule has 11 heteroatoms. The van der Waals surface area contributed by atoms with Gasteiger partial charge in [0.2, 0.25) is 0 Å². The van der Waals surface area contributed by atoms with Crippen LogP contribution in [-0.4, -0.2) is 20.8 Å². The number of nitro benzene ring substituents is 1. The molecule has 2 heterocycles. The van der Waals surface area contributed by atoms with Gasteiger partial charge in [0.1, 0.15) is 17.6 Å². The molecule has 0 saturated carbocycles. The Balaban J connectivity index is 1.52. The topological polar surface area (TPSA) is 141 Å². The van der Waals surface area contributed by atoms with Crippen LogP contribution in [0.4, 0.5) is 33.7 Å². The number of benzene rings is 3. The molecule has 0 atom stereocenters. The smallest absolute Gasteiger partial charge is 0.270 e. The highest BCUT2D eigenvalue weighted by molar-refractivity contribution is 7.11. The molecule has 2 aromatic heterocycles.